The molecule has 3 aromatic rings. The number of pyridine rings is 1. The summed E-state index contributed by atoms with van der Waals surface area (Å²) in [7, 11) is 1.66. The highest BCUT2D eigenvalue weighted by atomic mass is 16.6. The molecule has 1 aromatic heterocycles. The Kier molecular flexibility index (Phi) is 8.66. The average molecular weight is 558 g/mol. The molecular formula is C34H43N3O4. The van der Waals surface area contributed by atoms with Crippen LogP contribution < -0.4 is 15.0 Å². The number of nitrogens with zero attached hydrogens (tertiary/aromatic N) is 2. The van der Waals surface area contributed by atoms with Gasteiger partial charge in [0.2, 0.25) is 0 Å². The number of piperidine rings is 1. The van der Waals surface area contributed by atoms with Gasteiger partial charge in [0.15, 0.2) is 0 Å². The van der Waals surface area contributed by atoms with Gasteiger partial charge in [0, 0.05) is 32.3 Å². The summed E-state index contributed by atoms with van der Waals surface area (Å²) in [5, 5.41) is 3.46. The number of aromatic nitrogens is 1. The van der Waals surface area contributed by atoms with Crippen molar-refractivity contribution < 1.29 is 19.0 Å². The number of anilines is 1. The van der Waals surface area contributed by atoms with E-state index in [2.05, 4.69) is 48.3 Å². The van der Waals surface area contributed by atoms with E-state index in [0.29, 0.717) is 26.1 Å². The second kappa shape index (κ2) is 12.2. The number of aryl methyl sites for hydroxylation is 1. The minimum absolute atomic E-state index is 0.196. The lowest BCUT2D eigenvalue weighted by molar-refractivity contribution is -0.165. The van der Waals surface area contributed by atoms with Gasteiger partial charge in [-0.1, -0.05) is 29.8 Å². The third kappa shape index (κ3) is 6.74. The van der Waals surface area contributed by atoms with Crippen molar-refractivity contribution in [1.82, 2.24) is 10.3 Å². The number of hydrogen-bond donors (Lipinski definition) is 1. The third-order valence-electron chi connectivity index (χ3n) is 8.10. The van der Waals surface area contributed by atoms with Crippen LogP contribution in [0.5, 0.6) is 5.75 Å². The standard InChI is InChI=1S/C34H43N3O4/c1-22-10-13-30(40-21-25-12-11-24-19-35-16-14-26(24)23(25)2)28(18-22)29-8-7-9-32(36-29)37-17-15-27(31(20-37)39-6)33(38)41-34(3,4)5/h7-13,18,27,31,35H,14-17,19-21H2,1-6H3/t27-,31+/m0/s1. The molecule has 7 nitrogen and oxygen atoms in total. The summed E-state index contributed by atoms with van der Waals surface area (Å²) in [5.41, 5.74) is 7.85. The first-order chi connectivity index (χ1) is 19.6. The van der Waals surface area contributed by atoms with Gasteiger partial charge in [-0.15, -0.1) is 0 Å². The summed E-state index contributed by atoms with van der Waals surface area (Å²) in [6, 6.07) is 16.8. The number of esters is 1. The minimum atomic E-state index is -0.522. The molecule has 2 aliphatic heterocycles. The topological polar surface area (TPSA) is 72.9 Å². The van der Waals surface area contributed by atoms with Gasteiger partial charge in [0.1, 0.15) is 23.8 Å². The Morgan fingerprint density at radius 3 is 2.73 bits per heavy atom. The van der Waals surface area contributed by atoms with Gasteiger partial charge >= 0.3 is 5.97 Å². The maximum Gasteiger partial charge on any atom is 0.312 e. The van der Waals surface area contributed by atoms with Crippen LogP contribution in [0, 0.1) is 19.8 Å². The zero-order chi connectivity index (χ0) is 29.1. The van der Waals surface area contributed by atoms with Gasteiger partial charge in [-0.25, -0.2) is 4.98 Å². The first-order valence-corrected chi connectivity index (χ1v) is 14.7. The number of ether oxygens (including phenoxy) is 3. The molecule has 0 bridgehead atoms. The summed E-state index contributed by atoms with van der Waals surface area (Å²) in [6.45, 7) is 13.7. The summed E-state index contributed by atoms with van der Waals surface area (Å²) in [6.07, 6.45) is 1.44. The molecule has 0 saturated carbocycles. The minimum Gasteiger partial charge on any atom is -0.488 e. The Morgan fingerprint density at radius 2 is 1.95 bits per heavy atom. The molecule has 1 fully saturated rings. The second-order valence-electron chi connectivity index (χ2n) is 12.2. The number of hydrogen-bond acceptors (Lipinski definition) is 7. The van der Waals surface area contributed by atoms with Crippen LogP contribution in [0.2, 0.25) is 0 Å². The van der Waals surface area contributed by atoms with Crippen molar-refractivity contribution in [3.8, 4) is 17.0 Å². The predicted octanol–water partition coefficient (Wildman–Crippen LogP) is 5.77. The van der Waals surface area contributed by atoms with E-state index >= 15 is 0 Å². The van der Waals surface area contributed by atoms with Crippen molar-refractivity contribution in [1.29, 1.82) is 0 Å². The predicted molar refractivity (Wildman–Crippen MR) is 162 cm³/mol. The van der Waals surface area contributed by atoms with Crippen LogP contribution in [0.3, 0.4) is 0 Å². The fourth-order valence-corrected chi connectivity index (χ4v) is 5.85. The van der Waals surface area contributed by atoms with Crippen molar-refractivity contribution in [2.45, 2.75) is 72.3 Å². The van der Waals surface area contributed by atoms with Crippen LogP contribution in [0.25, 0.3) is 11.3 Å². The average Bonchev–Trinajstić information content (AvgIpc) is 2.96. The quantitative estimate of drug-likeness (QED) is 0.370. The normalized spacial score (nSPS) is 19.0. The van der Waals surface area contributed by atoms with Crippen LogP contribution in [0.1, 0.15) is 55.0 Å². The highest BCUT2D eigenvalue weighted by molar-refractivity contribution is 5.74. The molecule has 2 aromatic carbocycles. The monoisotopic (exact) mass is 557 g/mol. The lowest BCUT2D eigenvalue weighted by Gasteiger charge is -2.38. The maximum absolute atomic E-state index is 12.8. The van der Waals surface area contributed by atoms with E-state index in [1.165, 1.54) is 22.3 Å². The number of carbonyl (C=O) groups is 1. The molecule has 0 spiro atoms. The second-order valence-corrected chi connectivity index (χ2v) is 12.2. The first-order valence-electron chi connectivity index (χ1n) is 14.7. The Hall–Kier alpha value is -3.42. The number of methoxy groups -OCH3 is 1. The first kappa shape index (κ1) is 29.1. The zero-order valence-electron chi connectivity index (χ0n) is 25.3. The Morgan fingerprint density at radius 1 is 1.12 bits per heavy atom. The van der Waals surface area contributed by atoms with Crippen molar-refractivity contribution >= 4 is 11.8 Å². The number of fused-ring (bicyclic) bond motifs is 1. The van der Waals surface area contributed by atoms with Gasteiger partial charge in [-0.2, -0.15) is 0 Å². The Bertz CT molecular complexity index is 1400. The van der Waals surface area contributed by atoms with Crippen LogP contribution in [-0.4, -0.2) is 49.4 Å². The van der Waals surface area contributed by atoms with Crippen LogP contribution in [-0.2, 0) is 33.8 Å². The molecule has 0 amide bonds. The van der Waals surface area contributed by atoms with Gasteiger partial charge in [0.05, 0.1) is 17.7 Å². The highest BCUT2D eigenvalue weighted by Gasteiger charge is 2.37. The third-order valence-corrected chi connectivity index (χ3v) is 8.10. The summed E-state index contributed by atoms with van der Waals surface area (Å²) in [5.74, 6) is 1.19. The molecular weight excluding hydrogens is 514 g/mol. The molecule has 41 heavy (non-hydrogen) atoms. The van der Waals surface area contributed by atoms with Crippen LogP contribution in [0.15, 0.2) is 48.5 Å². The molecule has 0 radical (unpaired) electrons. The molecule has 218 valence electrons. The van der Waals surface area contributed by atoms with Crippen molar-refractivity contribution in [3.05, 3.63) is 76.3 Å². The molecule has 2 aliphatic rings. The highest BCUT2D eigenvalue weighted by Crippen LogP contribution is 2.34. The molecule has 0 unspecified atom stereocenters. The van der Waals surface area contributed by atoms with E-state index in [1.54, 1.807) is 7.11 Å². The summed E-state index contributed by atoms with van der Waals surface area (Å²) < 4.78 is 17.9. The number of rotatable bonds is 7. The van der Waals surface area contributed by atoms with Crippen LogP contribution >= 0.6 is 0 Å². The Labute approximate surface area is 244 Å². The molecule has 5 rings (SSSR count). The Balaban J connectivity index is 1.34. The van der Waals surface area contributed by atoms with Gasteiger partial charge in [-0.3, -0.25) is 4.79 Å². The van der Waals surface area contributed by atoms with Crippen LogP contribution in [0.4, 0.5) is 5.82 Å². The fraction of sp³-hybridized carbons (Fsp3) is 0.471. The summed E-state index contributed by atoms with van der Waals surface area (Å²) in [4.78, 5) is 20.1. The zero-order valence-corrected chi connectivity index (χ0v) is 25.3. The molecule has 1 saturated heterocycles. The molecule has 3 heterocycles. The lowest BCUT2D eigenvalue weighted by atomic mass is 9.93. The van der Waals surface area contributed by atoms with Gasteiger partial charge in [-0.05, 0) is 101 Å². The number of carbonyl (C=O) groups excluding carboxylic acids is 1. The van der Waals surface area contributed by atoms with Gasteiger partial charge in [0.25, 0.3) is 0 Å². The fourth-order valence-electron chi connectivity index (χ4n) is 5.85. The molecule has 2 atom stereocenters. The van der Waals surface area contributed by atoms with E-state index in [4.69, 9.17) is 19.2 Å². The molecule has 7 heteroatoms. The van der Waals surface area contributed by atoms with E-state index in [9.17, 15) is 4.79 Å². The van der Waals surface area contributed by atoms with E-state index in [-0.39, 0.29) is 18.0 Å². The molecule has 0 aliphatic carbocycles. The largest absolute Gasteiger partial charge is 0.488 e. The number of nitrogens with one attached hydrogen (secondary N) is 1. The van der Waals surface area contributed by atoms with E-state index in [1.807, 2.05) is 45.0 Å². The SMILES string of the molecule is CO[C@@H]1CN(c2cccc(-c3cc(C)ccc3OCc3ccc4c(c3C)CCNC4)n2)CC[C@@H]1C(=O)OC(C)(C)C. The van der Waals surface area contributed by atoms with Crippen molar-refractivity contribution in [3.63, 3.8) is 0 Å². The van der Waals surface area contributed by atoms with E-state index in [0.717, 1.165) is 47.9 Å². The molecule has 1 N–H and O–H groups in total. The lowest BCUT2D eigenvalue weighted by Crippen LogP contribution is -2.49. The van der Waals surface area contributed by atoms with E-state index < -0.39 is 5.60 Å². The van der Waals surface area contributed by atoms with Crippen molar-refractivity contribution in [2.24, 2.45) is 5.92 Å². The smallest absolute Gasteiger partial charge is 0.312 e. The van der Waals surface area contributed by atoms with Gasteiger partial charge < -0.3 is 24.4 Å². The van der Waals surface area contributed by atoms with Crippen molar-refractivity contribution in [2.75, 3.05) is 31.6 Å². The summed E-state index contributed by atoms with van der Waals surface area (Å²) >= 11 is 0. The maximum atomic E-state index is 12.8. The number of benzene rings is 2.